The van der Waals surface area contributed by atoms with Crippen molar-refractivity contribution in [2.75, 3.05) is 19.0 Å². The van der Waals surface area contributed by atoms with Crippen molar-refractivity contribution in [1.82, 2.24) is 25.3 Å². The van der Waals surface area contributed by atoms with Crippen LogP contribution in [0.5, 0.6) is 5.75 Å². The van der Waals surface area contributed by atoms with Crippen LogP contribution in [0.4, 0.5) is 10.5 Å². The number of benzene rings is 1. The number of para-hydroxylation sites is 2. The van der Waals surface area contributed by atoms with Crippen molar-refractivity contribution in [1.29, 1.82) is 0 Å². The fourth-order valence-electron chi connectivity index (χ4n) is 3.91. The number of aromatic nitrogens is 4. The highest BCUT2D eigenvalue weighted by Crippen LogP contribution is 2.25. The molecule has 1 fully saturated rings. The van der Waals surface area contributed by atoms with Crippen LogP contribution in [0.1, 0.15) is 19.3 Å². The van der Waals surface area contributed by atoms with E-state index >= 15 is 0 Å². The van der Waals surface area contributed by atoms with Crippen LogP contribution in [0.15, 0.2) is 55.0 Å². The second-order valence-electron chi connectivity index (χ2n) is 7.86. The Labute approximate surface area is 191 Å². The van der Waals surface area contributed by atoms with Gasteiger partial charge in [-0.2, -0.15) is 0 Å². The number of aliphatic hydroxyl groups excluding tert-OH is 1. The van der Waals surface area contributed by atoms with Gasteiger partial charge in [0.25, 0.3) is 0 Å². The van der Waals surface area contributed by atoms with Crippen molar-refractivity contribution in [3.05, 3.63) is 55.0 Å². The summed E-state index contributed by atoms with van der Waals surface area (Å²) in [5.41, 5.74) is 2.26. The number of anilines is 1. The average Bonchev–Trinajstić information content (AvgIpc) is 3.33. The molecular formula is C23H28N6O4. The number of hydrogen-bond donors (Lipinski definition) is 3. The summed E-state index contributed by atoms with van der Waals surface area (Å²) in [4.78, 5) is 16.6. The summed E-state index contributed by atoms with van der Waals surface area (Å²) in [7, 11) is 1.55. The van der Waals surface area contributed by atoms with Crippen LogP contribution in [0.25, 0.3) is 11.3 Å². The summed E-state index contributed by atoms with van der Waals surface area (Å²) >= 11 is 0. The zero-order chi connectivity index (χ0) is 23.0. The number of aryl methyl sites for hydroxylation is 1. The van der Waals surface area contributed by atoms with Crippen LogP contribution in [-0.4, -0.2) is 63.1 Å². The lowest BCUT2D eigenvalue weighted by Gasteiger charge is -2.36. The van der Waals surface area contributed by atoms with Crippen LogP contribution in [0.2, 0.25) is 0 Å². The molecular weight excluding hydrogens is 424 g/mol. The van der Waals surface area contributed by atoms with Gasteiger partial charge in [0.2, 0.25) is 0 Å². The van der Waals surface area contributed by atoms with Crippen molar-refractivity contribution < 1.29 is 19.4 Å². The van der Waals surface area contributed by atoms with Crippen molar-refractivity contribution in [3.63, 3.8) is 0 Å². The molecule has 0 spiro atoms. The maximum absolute atomic E-state index is 12.5. The van der Waals surface area contributed by atoms with Gasteiger partial charge in [0.15, 0.2) is 0 Å². The van der Waals surface area contributed by atoms with E-state index in [1.165, 1.54) is 0 Å². The highest BCUT2D eigenvalue weighted by atomic mass is 16.5. The number of carbonyl (C=O) groups excluding carboxylic acids is 1. The summed E-state index contributed by atoms with van der Waals surface area (Å²) in [6, 6.07) is 10.3. The van der Waals surface area contributed by atoms with Crippen molar-refractivity contribution in [2.24, 2.45) is 0 Å². The lowest BCUT2D eigenvalue weighted by Crippen LogP contribution is -2.52. The van der Waals surface area contributed by atoms with Crippen molar-refractivity contribution >= 4 is 11.7 Å². The normalized spacial score (nSPS) is 20.2. The second kappa shape index (κ2) is 10.9. The third-order valence-electron chi connectivity index (χ3n) is 5.64. The predicted octanol–water partition coefficient (Wildman–Crippen LogP) is 2.47. The number of nitrogens with zero attached hydrogens (tertiary/aromatic N) is 4. The average molecular weight is 453 g/mol. The number of nitrogens with one attached hydrogen (secondary N) is 2. The van der Waals surface area contributed by atoms with Crippen LogP contribution in [0, 0.1) is 0 Å². The number of ether oxygens (including phenoxy) is 2. The molecule has 10 nitrogen and oxygen atoms in total. The molecule has 0 unspecified atom stereocenters. The van der Waals surface area contributed by atoms with Gasteiger partial charge < -0.3 is 25.2 Å². The van der Waals surface area contributed by atoms with Gasteiger partial charge in [-0.25, -0.2) is 4.79 Å². The van der Waals surface area contributed by atoms with E-state index in [1.54, 1.807) is 36.3 Å². The van der Waals surface area contributed by atoms with E-state index in [2.05, 4.69) is 25.9 Å². The van der Waals surface area contributed by atoms with Gasteiger partial charge in [-0.05, 0) is 43.5 Å². The first-order valence-electron chi connectivity index (χ1n) is 10.9. The topological polar surface area (TPSA) is 123 Å². The Balaban J connectivity index is 1.27. The number of rotatable bonds is 8. The Hall–Kier alpha value is -3.50. The number of pyridine rings is 1. The summed E-state index contributed by atoms with van der Waals surface area (Å²) in [5.74, 6) is 0.575. The molecule has 10 heteroatoms. The minimum Gasteiger partial charge on any atom is -0.495 e. The molecule has 0 saturated carbocycles. The largest absolute Gasteiger partial charge is 0.495 e. The highest BCUT2D eigenvalue weighted by Gasteiger charge is 2.32. The van der Waals surface area contributed by atoms with E-state index in [9.17, 15) is 9.90 Å². The lowest BCUT2D eigenvalue weighted by atomic mass is 9.97. The molecule has 3 N–H and O–H groups in total. The van der Waals surface area contributed by atoms with Gasteiger partial charge in [-0.15, -0.1) is 5.10 Å². The number of aliphatic hydroxyl groups is 1. The molecule has 4 rings (SSSR count). The third kappa shape index (κ3) is 5.85. The number of urea groups is 1. The Kier molecular flexibility index (Phi) is 7.48. The van der Waals surface area contributed by atoms with Crippen LogP contribution >= 0.6 is 0 Å². The molecule has 0 bridgehead atoms. The fourth-order valence-corrected chi connectivity index (χ4v) is 3.91. The van der Waals surface area contributed by atoms with Crippen LogP contribution in [-0.2, 0) is 11.3 Å². The summed E-state index contributed by atoms with van der Waals surface area (Å²) in [6.07, 6.45) is 7.03. The number of amides is 2. The molecule has 1 saturated heterocycles. The quantitative estimate of drug-likeness (QED) is 0.480. The van der Waals surface area contributed by atoms with E-state index < -0.39 is 6.10 Å². The third-order valence-corrected chi connectivity index (χ3v) is 5.64. The molecule has 174 valence electrons. The van der Waals surface area contributed by atoms with Gasteiger partial charge >= 0.3 is 6.03 Å². The van der Waals surface area contributed by atoms with Crippen LogP contribution < -0.4 is 15.4 Å². The Morgan fingerprint density at radius 2 is 2.15 bits per heavy atom. The maximum atomic E-state index is 12.5. The first kappa shape index (κ1) is 22.7. The SMILES string of the molecule is COc1ccccc1NC(=O)N[C@@H]1CC[C@@H](CCn2cc(-c3cccnc3)nn2)O[C@H]1CO. The van der Waals surface area contributed by atoms with Gasteiger partial charge in [0, 0.05) is 24.5 Å². The molecule has 1 aliphatic rings. The fraction of sp³-hybridized carbons (Fsp3) is 0.391. The van der Waals surface area contributed by atoms with Crippen LogP contribution in [0.3, 0.4) is 0 Å². The Bertz CT molecular complexity index is 1040. The molecule has 33 heavy (non-hydrogen) atoms. The van der Waals surface area contributed by atoms with Crippen molar-refractivity contribution in [3.8, 4) is 17.0 Å². The molecule has 1 aliphatic heterocycles. The van der Waals surface area contributed by atoms with E-state index in [0.29, 0.717) is 24.4 Å². The molecule has 1 aromatic carbocycles. The van der Waals surface area contributed by atoms with Crippen molar-refractivity contribution in [2.45, 2.75) is 44.1 Å². The van der Waals surface area contributed by atoms with E-state index in [-0.39, 0.29) is 24.8 Å². The highest BCUT2D eigenvalue weighted by molar-refractivity contribution is 5.91. The van der Waals surface area contributed by atoms with Gasteiger partial charge in [-0.3, -0.25) is 9.67 Å². The molecule has 2 amide bonds. The Morgan fingerprint density at radius 3 is 2.94 bits per heavy atom. The molecule has 2 aromatic heterocycles. The second-order valence-corrected chi connectivity index (χ2v) is 7.86. The standard InChI is InChI=1S/C23H28N6O4/c1-32-21-7-3-2-6-18(21)25-23(31)26-19-9-8-17(33-22(19)15-30)10-12-29-14-20(27-28-29)16-5-4-11-24-13-16/h2-7,11,13-14,17,19,22,30H,8-10,12,15H2,1H3,(H2,25,26,31)/t17-,19+,22-/m0/s1. The smallest absolute Gasteiger partial charge is 0.319 e. The summed E-state index contributed by atoms with van der Waals surface area (Å²) in [6.45, 7) is 0.465. The molecule has 3 aromatic rings. The number of carbonyl (C=O) groups is 1. The minimum atomic E-state index is -0.478. The molecule has 0 radical (unpaired) electrons. The monoisotopic (exact) mass is 452 g/mol. The molecule has 3 heterocycles. The predicted molar refractivity (Wildman–Crippen MR) is 122 cm³/mol. The number of hydrogen-bond acceptors (Lipinski definition) is 7. The van der Waals surface area contributed by atoms with Gasteiger partial charge in [0.05, 0.1) is 37.7 Å². The zero-order valence-electron chi connectivity index (χ0n) is 18.4. The first-order valence-corrected chi connectivity index (χ1v) is 10.9. The summed E-state index contributed by atoms with van der Waals surface area (Å²) < 4.78 is 13.1. The first-order chi connectivity index (χ1) is 16.2. The van der Waals surface area contributed by atoms with E-state index in [4.69, 9.17) is 9.47 Å². The summed E-state index contributed by atoms with van der Waals surface area (Å²) in [5, 5.41) is 23.9. The maximum Gasteiger partial charge on any atom is 0.319 e. The van der Waals surface area contributed by atoms with Gasteiger partial charge in [0.1, 0.15) is 17.5 Å². The lowest BCUT2D eigenvalue weighted by molar-refractivity contribution is -0.0905. The Morgan fingerprint density at radius 1 is 1.27 bits per heavy atom. The van der Waals surface area contributed by atoms with E-state index in [1.807, 2.05) is 30.5 Å². The van der Waals surface area contributed by atoms with Gasteiger partial charge in [-0.1, -0.05) is 17.3 Å². The molecule has 3 atom stereocenters. The molecule has 0 aliphatic carbocycles. The minimum absolute atomic E-state index is 0.0384. The number of methoxy groups -OCH3 is 1. The zero-order valence-corrected chi connectivity index (χ0v) is 18.4. The van der Waals surface area contributed by atoms with E-state index in [0.717, 1.165) is 24.1 Å².